The normalized spacial score (nSPS) is 23.2. The number of rotatable bonds is 4. The number of hydrogen-bond donors (Lipinski definition) is 1. The predicted molar refractivity (Wildman–Crippen MR) is 113 cm³/mol. The molecule has 29 heavy (non-hydrogen) atoms. The minimum atomic E-state index is 0.387. The van der Waals surface area contributed by atoms with Crippen LogP contribution in [0.15, 0.2) is 18.2 Å². The largest absolute Gasteiger partial charge is 0.378 e. The summed E-state index contributed by atoms with van der Waals surface area (Å²) in [4.78, 5) is 4.99. The maximum atomic E-state index is 5.48. The molecule has 0 amide bonds. The molecule has 2 saturated heterocycles. The number of aromatic nitrogens is 3. The Morgan fingerprint density at radius 2 is 2.00 bits per heavy atom. The molecule has 7 heteroatoms. The lowest BCUT2D eigenvalue weighted by Gasteiger charge is -2.29. The van der Waals surface area contributed by atoms with E-state index in [-0.39, 0.29) is 0 Å². The minimum Gasteiger partial charge on any atom is -0.378 e. The number of fused-ring (bicyclic) bond motifs is 1. The monoisotopic (exact) mass is 396 g/mol. The van der Waals surface area contributed by atoms with E-state index in [0.29, 0.717) is 6.04 Å². The Morgan fingerprint density at radius 3 is 2.79 bits per heavy atom. The molecule has 1 aromatic carbocycles. The number of aryl methyl sites for hydroxylation is 1. The van der Waals surface area contributed by atoms with E-state index in [1.54, 1.807) is 0 Å². The smallest absolute Gasteiger partial charge is 0.150 e. The van der Waals surface area contributed by atoms with Crippen LogP contribution in [0, 0.1) is 6.92 Å². The summed E-state index contributed by atoms with van der Waals surface area (Å²) in [6.45, 7) is 11.1. The van der Waals surface area contributed by atoms with Crippen molar-refractivity contribution in [2.75, 3.05) is 50.8 Å². The van der Waals surface area contributed by atoms with Crippen molar-refractivity contribution in [1.29, 1.82) is 0 Å². The summed E-state index contributed by atoms with van der Waals surface area (Å²) >= 11 is 0. The first-order valence-corrected chi connectivity index (χ1v) is 11.1. The summed E-state index contributed by atoms with van der Waals surface area (Å²) in [7, 11) is 0. The molecule has 0 radical (unpaired) electrons. The highest BCUT2D eigenvalue weighted by atomic mass is 16.5. The van der Waals surface area contributed by atoms with Crippen molar-refractivity contribution in [2.45, 2.75) is 45.3 Å². The van der Waals surface area contributed by atoms with Crippen molar-refractivity contribution in [1.82, 2.24) is 25.0 Å². The molecule has 4 heterocycles. The van der Waals surface area contributed by atoms with Crippen molar-refractivity contribution in [2.24, 2.45) is 0 Å². The fraction of sp³-hybridized carbons (Fsp3) is 0.636. The number of benzene rings is 1. The molecule has 156 valence electrons. The summed E-state index contributed by atoms with van der Waals surface area (Å²) in [6.07, 6.45) is 3.39. The summed E-state index contributed by atoms with van der Waals surface area (Å²) in [6, 6.07) is 7.33. The maximum absolute atomic E-state index is 5.48. The highest BCUT2D eigenvalue weighted by Crippen LogP contribution is 2.25. The first-order valence-electron chi connectivity index (χ1n) is 11.1. The van der Waals surface area contributed by atoms with Crippen molar-refractivity contribution in [3.8, 4) is 0 Å². The highest BCUT2D eigenvalue weighted by molar-refractivity contribution is 5.51. The summed E-state index contributed by atoms with van der Waals surface area (Å²) in [5, 5.41) is 12.6. The van der Waals surface area contributed by atoms with Crippen LogP contribution >= 0.6 is 0 Å². The Kier molecular flexibility index (Phi) is 5.52. The molecule has 0 spiro atoms. The predicted octanol–water partition coefficient (Wildman–Crippen LogP) is 1.91. The van der Waals surface area contributed by atoms with Crippen LogP contribution in [0.5, 0.6) is 0 Å². The molecule has 3 aliphatic heterocycles. The van der Waals surface area contributed by atoms with E-state index in [9.17, 15) is 0 Å². The van der Waals surface area contributed by atoms with Gasteiger partial charge in [-0.25, -0.2) is 0 Å². The molecule has 5 rings (SSSR count). The number of nitrogens with one attached hydrogen (secondary N) is 1. The van der Waals surface area contributed by atoms with Crippen LogP contribution in [0.4, 0.5) is 5.69 Å². The highest BCUT2D eigenvalue weighted by Gasteiger charge is 2.26. The molecular formula is C22H32N6O. The van der Waals surface area contributed by atoms with Crippen molar-refractivity contribution >= 4 is 5.69 Å². The summed E-state index contributed by atoms with van der Waals surface area (Å²) < 4.78 is 7.86. The van der Waals surface area contributed by atoms with Crippen LogP contribution in [0.2, 0.25) is 0 Å². The van der Waals surface area contributed by atoms with Gasteiger partial charge in [-0.15, -0.1) is 10.2 Å². The van der Waals surface area contributed by atoms with Gasteiger partial charge in [0.25, 0.3) is 0 Å². The number of anilines is 1. The zero-order valence-electron chi connectivity index (χ0n) is 17.4. The van der Waals surface area contributed by atoms with Crippen LogP contribution in [0.25, 0.3) is 0 Å². The zero-order valence-corrected chi connectivity index (χ0v) is 17.4. The quantitative estimate of drug-likeness (QED) is 0.852. The Labute approximate surface area is 173 Å². The summed E-state index contributed by atoms with van der Waals surface area (Å²) in [5.41, 5.74) is 4.14. The second kappa shape index (κ2) is 8.42. The van der Waals surface area contributed by atoms with Crippen LogP contribution < -0.4 is 10.2 Å². The maximum Gasteiger partial charge on any atom is 0.150 e. The molecule has 3 aliphatic rings. The van der Waals surface area contributed by atoms with Gasteiger partial charge < -0.3 is 19.5 Å². The van der Waals surface area contributed by atoms with Crippen molar-refractivity contribution < 1.29 is 4.74 Å². The van der Waals surface area contributed by atoms with Gasteiger partial charge in [0, 0.05) is 51.4 Å². The molecule has 2 fully saturated rings. The van der Waals surface area contributed by atoms with Gasteiger partial charge in [0.1, 0.15) is 11.6 Å². The number of morpholine rings is 1. The van der Waals surface area contributed by atoms with E-state index >= 15 is 0 Å². The summed E-state index contributed by atoms with van der Waals surface area (Å²) in [5.74, 6) is 2.29. The molecule has 1 atom stereocenters. The van der Waals surface area contributed by atoms with Gasteiger partial charge in [0.05, 0.1) is 19.3 Å². The zero-order chi connectivity index (χ0) is 19.6. The average Bonchev–Trinajstić information content (AvgIpc) is 3.37. The number of nitrogens with zero attached hydrogens (tertiary/aromatic N) is 5. The molecule has 2 aromatic rings. The van der Waals surface area contributed by atoms with Crippen molar-refractivity contribution in [3.63, 3.8) is 0 Å². The van der Waals surface area contributed by atoms with Crippen LogP contribution in [0.1, 0.15) is 41.7 Å². The fourth-order valence-electron chi connectivity index (χ4n) is 4.83. The van der Waals surface area contributed by atoms with E-state index in [4.69, 9.17) is 4.74 Å². The molecule has 0 bridgehead atoms. The lowest BCUT2D eigenvalue weighted by atomic mass is 10.1. The average molecular weight is 397 g/mol. The van der Waals surface area contributed by atoms with E-state index in [1.807, 2.05) is 0 Å². The van der Waals surface area contributed by atoms with Gasteiger partial charge in [-0.05, 0) is 49.6 Å². The van der Waals surface area contributed by atoms with Gasteiger partial charge in [-0.3, -0.25) is 4.90 Å². The van der Waals surface area contributed by atoms with E-state index < -0.39 is 0 Å². The van der Waals surface area contributed by atoms with Gasteiger partial charge >= 0.3 is 0 Å². The SMILES string of the molecule is Cc1cc(N2CCOCC2)ccc1CN1CCc2nnc([C@H]3CCCN3)n2CC1. The first kappa shape index (κ1) is 19.0. The first-order chi connectivity index (χ1) is 14.3. The Bertz CT molecular complexity index is 838. The van der Waals surface area contributed by atoms with Gasteiger partial charge in [0.15, 0.2) is 0 Å². The molecular weight excluding hydrogens is 364 g/mol. The van der Waals surface area contributed by atoms with Crippen molar-refractivity contribution in [3.05, 3.63) is 41.0 Å². The topological polar surface area (TPSA) is 58.5 Å². The second-order valence-corrected chi connectivity index (χ2v) is 8.51. The number of ether oxygens (including phenoxy) is 1. The third kappa shape index (κ3) is 4.04. The van der Waals surface area contributed by atoms with Gasteiger partial charge in [-0.1, -0.05) is 6.07 Å². The van der Waals surface area contributed by atoms with Gasteiger partial charge in [-0.2, -0.15) is 0 Å². The minimum absolute atomic E-state index is 0.387. The molecule has 1 aromatic heterocycles. The standard InChI is InChI=1S/C22H32N6O/c1-17-15-19(27-11-13-29-14-12-27)5-4-18(17)16-26-8-6-21-24-25-22(28(21)10-9-26)20-3-2-7-23-20/h4-5,15,20,23H,2-3,6-14,16H2,1H3/t20-/m1/s1. The third-order valence-corrected chi connectivity index (χ3v) is 6.62. The second-order valence-electron chi connectivity index (χ2n) is 8.51. The Hall–Kier alpha value is -1.96. The lowest BCUT2D eigenvalue weighted by molar-refractivity contribution is 0.122. The van der Waals surface area contributed by atoms with E-state index in [2.05, 4.69) is 55.0 Å². The third-order valence-electron chi connectivity index (χ3n) is 6.62. The van der Waals surface area contributed by atoms with Gasteiger partial charge in [0.2, 0.25) is 0 Å². The van der Waals surface area contributed by atoms with Crippen LogP contribution in [-0.2, 0) is 24.2 Å². The van der Waals surface area contributed by atoms with E-state index in [1.165, 1.54) is 29.7 Å². The fourth-order valence-corrected chi connectivity index (χ4v) is 4.83. The lowest BCUT2D eigenvalue weighted by Crippen LogP contribution is -2.36. The molecule has 1 N–H and O–H groups in total. The molecule has 7 nitrogen and oxygen atoms in total. The molecule has 0 aliphatic carbocycles. The Morgan fingerprint density at radius 1 is 1.10 bits per heavy atom. The molecule has 0 saturated carbocycles. The Balaban J connectivity index is 1.24. The van der Waals surface area contributed by atoms with Crippen LogP contribution in [-0.4, -0.2) is 65.6 Å². The number of hydrogen-bond acceptors (Lipinski definition) is 6. The molecule has 0 unspecified atom stereocenters. The van der Waals surface area contributed by atoms with E-state index in [0.717, 1.165) is 77.1 Å². The van der Waals surface area contributed by atoms with Crippen LogP contribution in [0.3, 0.4) is 0 Å².